The number of nitrogens with zero attached hydrogens (tertiary/aromatic N) is 5. The third-order valence-electron chi connectivity index (χ3n) is 4.14. The molecule has 2 aromatic rings. The van der Waals surface area contributed by atoms with Crippen molar-refractivity contribution in [3.8, 4) is 0 Å². The van der Waals surface area contributed by atoms with Gasteiger partial charge in [0.25, 0.3) is 5.91 Å². The molecule has 3 rings (SSSR count). The van der Waals surface area contributed by atoms with Crippen LogP contribution < -0.4 is 16.6 Å². The van der Waals surface area contributed by atoms with Crippen LogP contribution in [0.15, 0.2) is 36.1 Å². The Morgan fingerprint density at radius 2 is 1.90 bits per heavy atom. The molecule has 0 fully saturated rings. The molecule has 8 nitrogen and oxygen atoms in total. The highest BCUT2D eigenvalue weighted by atomic mass is 35.5. The number of halogens is 5. The van der Waals surface area contributed by atoms with Gasteiger partial charge >= 0.3 is 6.18 Å². The van der Waals surface area contributed by atoms with Crippen LogP contribution in [0.1, 0.15) is 22.5 Å². The highest BCUT2D eigenvalue weighted by Crippen LogP contribution is 2.35. The predicted molar refractivity (Wildman–Crippen MR) is 94.6 cm³/mol. The van der Waals surface area contributed by atoms with Crippen LogP contribution in [0.4, 0.5) is 23.5 Å². The highest BCUT2D eigenvalue weighted by Gasteiger charge is 2.37. The van der Waals surface area contributed by atoms with Gasteiger partial charge in [-0.3, -0.25) is 9.78 Å². The van der Waals surface area contributed by atoms with E-state index in [1.54, 1.807) is 0 Å². The molecule has 0 atom stereocenters. The maximum Gasteiger partial charge on any atom is 0.434 e. The Bertz CT molecular complexity index is 965. The Labute approximate surface area is 166 Å². The Morgan fingerprint density at radius 3 is 2.48 bits per heavy atom. The number of pyridine rings is 1. The molecular weight excluding hydrogens is 418 g/mol. The van der Waals surface area contributed by atoms with Gasteiger partial charge in [0, 0.05) is 24.9 Å². The Morgan fingerprint density at radius 1 is 1.24 bits per heavy atom. The molecule has 0 saturated carbocycles. The first-order valence-electron chi connectivity index (χ1n) is 8.10. The van der Waals surface area contributed by atoms with Crippen LogP contribution in [0, 0.1) is 5.82 Å². The molecule has 0 radical (unpaired) electrons. The summed E-state index contributed by atoms with van der Waals surface area (Å²) in [5, 5.41) is 0.288. The number of aromatic nitrogens is 3. The fourth-order valence-electron chi connectivity index (χ4n) is 2.75. The van der Waals surface area contributed by atoms with Gasteiger partial charge in [-0.05, 0) is 6.07 Å². The van der Waals surface area contributed by atoms with Gasteiger partial charge in [0.15, 0.2) is 11.5 Å². The van der Waals surface area contributed by atoms with Gasteiger partial charge in [-0.15, -0.1) is 0 Å². The molecule has 0 spiro atoms. The van der Waals surface area contributed by atoms with Crippen molar-refractivity contribution >= 4 is 23.5 Å². The van der Waals surface area contributed by atoms with Crippen molar-refractivity contribution in [2.45, 2.75) is 12.6 Å². The molecule has 4 N–H and O–H groups in total. The number of carbonyl (C=O) groups is 1. The monoisotopic (exact) mass is 431 g/mol. The van der Waals surface area contributed by atoms with Crippen molar-refractivity contribution in [1.29, 1.82) is 0 Å². The van der Waals surface area contributed by atoms with Crippen molar-refractivity contribution in [3.63, 3.8) is 0 Å². The maximum atomic E-state index is 13.0. The van der Waals surface area contributed by atoms with Crippen LogP contribution >= 0.6 is 11.6 Å². The van der Waals surface area contributed by atoms with E-state index in [4.69, 9.17) is 23.2 Å². The SMILES string of the molecule is NC1=C(N(N)c2ncc(F)cn2)CCN(C(=O)c2ccnc(C(F)(F)F)c2Cl)C1. The predicted octanol–water partition coefficient (Wildman–Crippen LogP) is 2.08. The van der Waals surface area contributed by atoms with Gasteiger partial charge < -0.3 is 10.6 Å². The van der Waals surface area contributed by atoms with Gasteiger partial charge in [-0.1, -0.05) is 11.6 Å². The number of amides is 1. The molecule has 0 saturated heterocycles. The average Bonchev–Trinajstić information content (AvgIpc) is 2.66. The Balaban J connectivity index is 1.82. The summed E-state index contributed by atoms with van der Waals surface area (Å²) in [5.74, 6) is 4.55. The third-order valence-corrected chi connectivity index (χ3v) is 4.52. The van der Waals surface area contributed by atoms with Gasteiger partial charge in [0.1, 0.15) is 0 Å². The molecule has 0 bridgehead atoms. The standard InChI is InChI=1S/C16H14ClF4N7O/c17-12-9(1-3-24-13(12)16(19,20)21)14(29)27-4-2-11(10(22)7-27)28(23)15-25-5-8(18)6-26-15/h1,3,5-6H,2,4,7,22-23H2. The van der Waals surface area contributed by atoms with Crippen molar-refractivity contribution in [2.24, 2.45) is 11.6 Å². The van der Waals surface area contributed by atoms with E-state index in [0.29, 0.717) is 5.70 Å². The second-order valence-electron chi connectivity index (χ2n) is 6.04. The normalized spacial score (nSPS) is 14.9. The van der Waals surface area contributed by atoms with Crippen molar-refractivity contribution in [3.05, 3.63) is 58.1 Å². The first-order chi connectivity index (χ1) is 13.6. The summed E-state index contributed by atoms with van der Waals surface area (Å²) in [6.45, 7) is -0.00711. The number of hydrogen-bond donors (Lipinski definition) is 2. The molecule has 1 amide bonds. The number of rotatable bonds is 3. The maximum absolute atomic E-state index is 13.0. The van der Waals surface area contributed by atoms with Gasteiger partial charge in [-0.25, -0.2) is 25.2 Å². The number of anilines is 1. The van der Waals surface area contributed by atoms with Crippen LogP contribution in [0.2, 0.25) is 5.02 Å². The summed E-state index contributed by atoms with van der Waals surface area (Å²) in [7, 11) is 0. The van der Waals surface area contributed by atoms with E-state index < -0.39 is 28.6 Å². The van der Waals surface area contributed by atoms with Gasteiger partial charge in [-0.2, -0.15) is 13.2 Å². The second kappa shape index (κ2) is 7.79. The Kier molecular flexibility index (Phi) is 5.57. The largest absolute Gasteiger partial charge is 0.434 e. The van der Waals surface area contributed by atoms with Crippen LogP contribution in [0.3, 0.4) is 0 Å². The zero-order chi connectivity index (χ0) is 21.3. The quantitative estimate of drug-likeness (QED) is 0.434. The minimum absolute atomic E-state index is 0.00359. The molecule has 0 unspecified atom stereocenters. The minimum atomic E-state index is -4.80. The minimum Gasteiger partial charge on any atom is -0.399 e. The second-order valence-corrected chi connectivity index (χ2v) is 6.42. The van der Waals surface area contributed by atoms with Crippen LogP contribution in [-0.4, -0.2) is 38.8 Å². The van der Waals surface area contributed by atoms with E-state index in [2.05, 4.69) is 15.0 Å². The number of hydrazine groups is 1. The smallest absolute Gasteiger partial charge is 0.399 e. The number of hydrogen-bond acceptors (Lipinski definition) is 7. The lowest BCUT2D eigenvalue weighted by atomic mass is 10.1. The summed E-state index contributed by atoms with van der Waals surface area (Å²) >= 11 is 5.77. The van der Waals surface area contributed by atoms with Gasteiger partial charge in [0.05, 0.1) is 35.2 Å². The average molecular weight is 432 g/mol. The first-order valence-corrected chi connectivity index (χ1v) is 8.48. The number of alkyl halides is 3. The van der Waals surface area contributed by atoms with E-state index in [1.165, 1.54) is 4.90 Å². The van der Waals surface area contributed by atoms with E-state index >= 15 is 0 Å². The lowest BCUT2D eigenvalue weighted by Crippen LogP contribution is -2.44. The zero-order valence-electron chi connectivity index (χ0n) is 14.6. The van der Waals surface area contributed by atoms with Crippen molar-refractivity contribution in [1.82, 2.24) is 19.9 Å². The summed E-state index contributed by atoms with van der Waals surface area (Å²) in [4.78, 5) is 24.6. The summed E-state index contributed by atoms with van der Waals surface area (Å²) in [6.07, 6.45) is -1.90. The molecule has 1 aliphatic rings. The molecule has 0 aromatic carbocycles. The zero-order valence-corrected chi connectivity index (χ0v) is 15.4. The third kappa shape index (κ3) is 4.22. The first kappa shape index (κ1) is 20.7. The fourth-order valence-corrected chi connectivity index (χ4v) is 3.05. The van der Waals surface area contributed by atoms with Crippen LogP contribution in [-0.2, 0) is 6.18 Å². The lowest BCUT2D eigenvalue weighted by molar-refractivity contribution is -0.141. The van der Waals surface area contributed by atoms with E-state index in [0.717, 1.165) is 29.7 Å². The van der Waals surface area contributed by atoms with E-state index in [-0.39, 0.29) is 36.7 Å². The topological polar surface area (TPSA) is 114 Å². The summed E-state index contributed by atoms with van der Waals surface area (Å²) < 4.78 is 51.9. The molecule has 2 aromatic heterocycles. The van der Waals surface area contributed by atoms with Crippen molar-refractivity contribution < 1.29 is 22.4 Å². The highest BCUT2D eigenvalue weighted by molar-refractivity contribution is 6.34. The van der Waals surface area contributed by atoms with Crippen LogP contribution in [0.25, 0.3) is 0 Å². The molecule has 29 heavy (non-hydrogen) atoms. The lowest BCUT2D eigenvalue weighted by Gasteiger charge is -2.32. The van der Waals surface area contributed by atoms with Crippen molar-refractivity contribution in [2.75, 3.05) is 18.1 Å². The van der Waals surface area contributed by atoms with Gasteiger partial charge in [0.2, 0.25) is 5.95 Å². The summed E-state index contributed by atoms with van der Waals surface area (Å²) in [5.41, 5.74) is 4.91. The molecule has 3 heterocycles. The van der Waals surface area contributed by atoms with Crippen LogP contribution in [0.5, 0.6) is 0 Å². The molecule has 154 valence electrons. The molecular formula is C16H14ClF4N7O. The summed E-state index contributed by atoms with van der Waals surface area (Å²) in [6, 6.07) is 1.11. The fraction of sp³-hybridized carbons (Fsp3) is 0.250. The van der Waals surface area contributed by atoms with E-state index in [1.807, 2.05) is 0 Å². The van der Waals surface area contributed by atoms with E-state index in [9.17, 15) is 22.4 Å². The molecule has 1 aliphatic heterocycles. The Hall–Kier alpha value is -2.99. The number of nitrogens with two attached hydrogens (primary N) is 2. The molecule has 13 heteroatoms. The molecule has 0 aliphatic carbocycles. The number of carbonyl (C=O) groups excluding carboxylic acids is 1.